The average Bonchev–Trinajstić information content (AvgIpc) is 2.66. The largest absolute Gasteiger partial charge is 0.497 e. The first-order valence-electron chi connectivity index (χ1n) is 8.27. The number of hydrogen-bond donors (Lipinski definition) is 3. The van der Waals surface area contributed by atoms with Crippen molar-refractivity contribution in [2.24, 2.45) is 5.14 Å². The molecule has 28 heavy (non-hydrogen) atoms. The van der Waals surface area contributed by atoms with Crippen LogP contribution in [0.5, 0.6) is 11.5 Å². The number of carbonyl (C=O) groups is 1. The summed E-state index contributed by atoms with van der Waals surface area (Å²) in [7, 11) is -2.55. The molecule has 0 saturated carbocycles. The summed E-state index contributed by atoms with van der Waals surface area (Å²) < 4.78 is 32.1. The molecule has 146 valence electrons. The van der Waals surface area contributed by atoms with Crippen molar-refractivity contribution < 1.29 is 22.1 Å². The lowest BCUT2D eigenvalue weighted by Gasteiger charge is -2.11. The van der Waals surface area contributed by atoms with Crippen molar-refractivity contribution in [2.75, 3.05) is 12.4 Å². The molecule has 3 rings (SSSR count). The predicted octanol–water partition coefficient (Wildman–Crippen LogP) is 2.75. The van der Waals surface area contributed by atoms with Gasteiger partial charge in [0.2, 0.25) is 0 Å². The second-order valence-corrected chi connectivity index (χ2v) is 7.07. The van der Waals surface area contributed by atoms with Crippen LogP contribution in [-0.4, -0.2) is 21.6 Å². The van der Waals surface area contributed by atoms with Gasteiger partial charge in [0.05, 0.1) is 12.8 Å². The van der Waals surface area contributed by atoms with Gasteiger partial charge in [-0.05, 0) is 41.3 Å². The molecule has 3 aromatic rings. The fourth-order valence-electron chi connectivity index (χ4n) is 2.64. The minimum absolute atomic E-state index is 0.0582. The molecule has 3 aromatic carbocycles. The second-order valence-electron chi connectivity index (χ2n) is 5.92. The van der Waals surface area contributed by atoms with Crippen LogP contribution in [-0.2, 0) is 16.8 Å². The Morgan fingerprint density at radius 1 is 1.04 bits per heavy atom. The first-order chi connectivity index (χ1) is 13.3. The normalized spacial score (nSPS) is 11.1. The summed E-state index contributed by atoms with van der Waals surface area (Å²) in [4.78, 5) is 12.3. The van der Waals surface area contributed by atoms with E-state index in [2.05, 4.69) is 10.6 Å². The van der Waals surface area contributed by atoms with Gasteiger partial charge in [-0.1, -0.05) is 30.3 Å². The molecule has 8 nitrogen and oxygen atoms in total. The van der Waals surface area contributed by atoms with Crippen molar-refractivity contribution in [3.05, 3.63) is 66.2 Å². The molecular weight excluding hydrogens is 382 g/mol. The fraction of sp³-hybridized carbons (Fsp3) is 0.105. The standard InChI is InChI=1S/C19H19N3O5S/c1-26-15-8-5-13(6-9-15)12-21-19(23)22-18-4-2-3-14-7-10-16(11-17(14)18)27-28(20,24)25/h2-11H,12H2,1H3,(H2,20,24,25)(H2,21,22,23). The van der Waals surface area contributed by atoms with Crippen LogP contribution in [0, 0.1) is 0 Å². The van der Waals surface area contributed by atoms with Gasteiger partial charge < -0.3 is 19.6 Å². The molecule has 0 atom stereocenters. The Morgan fingerprint density at radius 2 is 1.75 bits per heavy atom. The van der Waals surface area contributed by atoms with E-state index in [1.165, 1.54) is 12.1 Å². The number of hydrogen-bond acceptors (Lipinski definition) is 5. The summed E-state index contributed by atoms with van der Waals surface area (Å²) in [6.45, 7) is 0.334. The number of ether oxygens (including phenoxy) is 1. The lowest BCUT2D eigenvalue weighted by atomic mass is 10.1. The molecule has 0 aliphatic carbocycles. The van der Waals surface area contributed by atoms with Crippen molar-refractivity contribution in [1.29, 1.82) is 0 Å². The highest BCUT2D eigenvalue weighted by molar-refractivity contribution is 7.84. The van der Waals surface area contributed by atoms with Crippen LogP contribution >= 0.6 is 0 Å². The Hall–Kier alpha value is -3.30. The van der Waals surface area contributed by atoms with E-state index in [0.29, 0.717) is 17.6 Å². The number of anilines is 1. The topological polar surface area (TPSA) is 120 Å². The summed E-state index contributed by atoms with van der Waals surface area (Å²) in [6, 6.07) is 16.9. The Balaban J connectivity index is 1.73. The minimum Gasteiger partial charge on any atom is -0.497 e. The molecule has 0 bridgehead atoms. The van der Waals surface area contributed by atoms with Crippen molar-refractivity contribution in [2.45, 2.75) is 6.54 Å². The van der Waals surface area contributed by atoms with E-state index in [4.69, 9.17) is 14.1 Å². The molecule has 9 heteroatoms. The highest BCUT2D eigenvalue weighted by Crippen LogP contribution is 2.28. The third-order valence-electron chi connectivity index (χ3n) is 3.93. The van der Waals surface area contributed by atoms with E-state index in [-0.39, 0.29) is 5.75 Å². The molecule has 0 spiro atoms. The van der Waals surface area contributed by atoms with Gasteiger partial charge in [0.25, 0.3) is 0 Å². The van der Waals surface area contributed by atoms with Crippen molar-refractivity contribution in [3.8, 4) is 11.5 Å². The Labute approximate surface area is 162 Å². The summed E-state index contributed by atoms with van der Waals surface area (Å²) in [5, 5.41) is 11.8. The number of fused-ring (bicyclic) bond motifs is 1. The zero-order valence-electron chi connectivity index (χ0n) is 15.0. The number of rotatable bonds is 6. The van der Waals surface area contributed by atoms with Crippen molar-refractivity contribution >= 4 is 32.8 Å². The average molecular weight is 401 g/mol. The first kappa shape index (κ1) is 19.5. The summed E-state index contributed by atoms with van der Waals surface area (Å²) in [5.74, 6) is 0.796. The molecular formula is C19H19N3O5S. The van der Waals surface area contributed by atoms with Crippen LogP contribution in [0.15, 0.2) is 60.7 Å². The van der Waals surface area contributed by atoms with E-state index in [1.54, 1.807) is 25.3 Å². The third-order valence-corrected chi connectivity index (χ3v) is 4.35. The lowest BCUT2D eigenvalue weighted by Crippen LogP contribution is -2.28. The maximum Gasteiger partial charge on any atom is 0.380 e. The number of benzene rings is 3. The summed E-state index contributed by atoms with van der Waals surface area (Å²) >= 11 is 0. The number of amides is 2. The number of carbonyl (C=O) groups excluding carboxylic acids is 1. The van der Waals surface area contributed by atoms with Crippen LogP contribution in [0.1, 0.15) is 5.56 Å². The quantitative estimate of drug-likeness (QED) is 0.587. The van der Waals surface area contributed by atoms with E-state index in [9.17, 15) is 13.2 Å². The lowest BCUT2D eigenvalue weighted by molar-refractivity contribution is 0.252. The maximum absolute atomic E-state index is 12.3. The van der Waals surface area contributed by atoms with E-state index < -0.39 is 16.3 Å². The van der Waals surface area contributed by atoms with Crippen LogP contribution < -0.4 is 24.7 Å². The molecule has 4 N–H and O–H groups in total. The monoisotopic (exact) mass is 401 g/mol. The van der Waals surface area contributed by atoms with E-state index in [1.807, 2.05) is 30.3 Å². The zero-order valence-corrected chi connectivity index (χ0v) is 15.8. The van der Waals surface area contributed by atoms with Crippen molar-refractivity contribution in [1.82, 2.24) is 5.32 Å². The molecule has 0 radical (unpaired) electrons. The molecule has 0 aromatic heterocycles. The fourth-order valence-corrected chi connectivity index (χ4v) is 3.01. The Bertz CT molecular complexity index is 1100. The SMILES string of the molecule is COc1ccc(CNC(=O)Nc2cccc3ccc(OS(N)(=O)=O)cc23)cc1. The van der Waals surface area contributed by atoms with E-state index >= 15 is 0 Å². The molecule has 2 amide bonds. The number of nitrogens with two attached hydrogens (primary N) is 1. The number of urea groups is 1. The van der Waals surface area contributed by atoms with E-state index in [0.717, 1.165) is 16.7 Å². The van der Waals surface area contributed by atoms with Crippen LogP contribution in [0.2, 0.25) is 0 Å². The smallest absolute Gasteiger partial charge is 0.380 e. The van der Waals surface area contributed by atoms with Gasteiger partial charge in [0.1, 0.15) is 11.5 Å². The molecule has 0 unspecified atom stereocenters. The molecule has 0 heterocycles. The number of nitrogens with one attached hydrogen (secondary N) is 2. The molecule has 0 fully saturated rings. The molecule has 0 aliphatic heterocycles. The van der Waals surface area contributed by atoms with Gasteiger partial charge in [-0.15, -0.1) is 0 Å². The van der Waals surface area contributed by atoms with Gasteiger partial charge in [0.15, 0.2) is 0 Å². The maximum atomic E-state index is 12.3. The van der Waals surface area contributed by atoms with Gasteiger partial charge in [-0.2, -0.15) is 13.6 Å². The molecule has 0 aliphatic rings. The van der Waals surface area contributed by atoms with Crippen LogP contribution in [0.25, 0.3) is 10.8 Å². The highest BCUT2D eigenvalue weighted by atomic mass is 32.2. The van der Waals surface area contributed by atoms with Crippen LogP contribution in [0.3, 0.4) is 0 Å². The minimum atomic E-state index is -4.13. The predicted molar refractivity (Wildman–Crippen MR) is 107 cm³/mol. The third kappa shape index (κ3) is 5.12. The summed E-state index contributed by atoms with van der Waals surface area (Å²) in [5.41, 5.74) is 1.42. The first-order valence-corrected chi connectivity index (χ1v) is 9.74. The van der Waals surface area contributed by atoms with Crippen molar-refractivity contribution in [3.63, 3.8) is 0 Å². The zero-order chi connectivity index (χ0) is 20.1. The van der Waals surface area contributed by atoms with Gasteiger partial charge in [-0.3, -0.25) is 0 Å². The Morgan fingerprint density at radius 3 is 2.43 bits per heavy atom. The highest BCUT2D eigenvalue weighted by Gasteiger charge is 2.10. The second kappa shape index (κ2) is 8.15. The van der Waals surface area contributed by atoms with Gasteiger partial charge >= 0.3 is 16.3 Å². The molecule has 0 saturated heterocycles. The Kier molecular flexibility index (Phi) is 5.67. The van der Waals surface area contributed by atoms with Gasteiger partial charge in [-0.25, -0.2) is 4.79 Å². The number of methoxy groups -OCH3 is 1. The summed E-state index contributed by atoms with van der Waals surface area (Å²) in [6.07, 6.45) is 0. The van der Waals surface area contributed by atoms with Crippen LogP contribution in [0.4, 0.5) is 10.5 Å². The van der Waals surface area contributed by atoms with Gasteiger partial charge in [0, 0.05) is 11.9 Å².